The van der Waals surface area contributed by atoms with Crippen LogP contribution in [0.5, 0.6) is 11.5 Å². The molecule has 0 aliphatic heterocycles. The van der Waals surface area contributed by atoms with Gasteiger partial charge in [0.2, 0.25) is 5.91 Å². The van der Waals surface area contributed by atoms with Gasteiger partial charge in [0.25, 0.3) is 0 Å². The van der Waals surface area contributed by atoms with E-state index in [9.17, 15) is 13.6 Å². The first-order chi connectivity index (χ1) is 14.4. The lowest BCUT2D eigenvalue weighted by Crippen LogP contribution is -2.20. The minimum Gasteiger partial charge on any atom is -0.490 e. The van der Waals surface area contributed by atoms with E-state index in [1.54, 1.807) is 25.1 Å². The van der Waals surface area contributed by atoms with Crippen molar-refractivity contribution in [1.82, 2.24) is 5.32 Å². The summed E-state index contributed by atoms with van der Waals surface area (Å²) < 4.78 is 40.3. The zero-order valence-electron chi connectivity index (χ0n) is 17.4. The van der Waals surface area contributed by atoms with Crippen molar-refractivity contribution < 1.29 is 27.8 Å². The van der Waals surface area contributed by atoms with Gasteiger partial charge in [0.15, 0.2) is 11.5 Å². The first-order valence-corrected chi connectivity index (χ1v) is 9.74. The minimum atomic E-state index is -2.94. The fraction of sp³-hybridized carbons (Fsp3) is 0.348. The molecule has 0 aromatic heterocycles. The molecule has 2 aromatic rings. The SMILES string of the molecule is CCOc1cc(/C=C/C(=O)NCc2cccc(COC(C)C)c2)ccc1OC(F)F. The van der Waals surface area contributed by atoms with Gasteiger partial charge >= 0.3 is 6.61 Å². The highest BCUT2D eigenvalue weighted by atomic mass is 19.3. The molecule has 30 heavy (non-hydrogen) atoms. The van der Waals surface area contributed by atoms with Gasteiger partial charge in [-0.2, -0.15) is 8.78 Å². The van der Waals surface area contributed by atoms with Crippen LogP contribution in [-0.4, -0.2) is 25.2 Å². The number of nitrogens with one attached hydrogen (secondary N) is 1. The molecule has 2 rings (SSSR count). The van der Waals surface area contributed by atoms with Crippen LogP contribution in [0, 0.1) is 0 Å². The molecule has 0 aliphatic carbocycles. The summed E-state index contributed by atoms with van der Waals surface area (Å²) >= 11 is 0. The number of hydrogen-bond donors (Lipinski definition) is 1. The normalized spacial score (nSPS) is 11.3. The standard InChI is InChI=1S/C23H27F2NO4/c1-4-28-21-13-17(8-10-20(21)30-23(24)25)9-11-22(27)26-14-18-6-5-7-19(12-18)15-29-16(2)3/h5-13,16,23H,4,14-15H2,1-3H3,(H,26,27)/b11-9+. The Morgan fingerprint density at radius 2 is 1.87 bits per heavy atom. The quantitative estimate of drug-likeness (QED) is 0.524. The van der Waals surface area contributed by atoms with Crippen LogP contribution in [-0.2, 0) is 22.7 Å². The Labute approximate surface area is 175 Å². The van der Waals surface area contributed by atoms with E-state index in [2.05, 4.69) is 10.1 Å². The second-order valence-electron chi connectivity index (χ2n) is 6.75. The molecule has 1 amide bonds. The van der Waals surface area contributed by atoms with E-state index < -0.39 is 6.61 Å². The number of alkyl halides is 2. The molecule has 7 heteroatoms. The summed E-state index contributed by atoms with van der Waals surface area (Å²) in [5, 5.41) is 2.82. The Bertz CT molecular complexity index is 853. The lowest BCUT2D eigenvalue weighted by atomic mass is 10.1. The molecule has 0 radical (unpaired) electrons. The third-order valence-electron chi connectivity index (χ3n) is 3.95. The van der Waals surface area contributed by atoms with Crippen LogP contribution in [0.4, 0.5) is 8.78 Å². The Morgan fingerprint density at radius 1 is 1.10 bits per heavy atom. The molecule has 0 bridgehead atoms. The van der Waals surface area contributed by atoms with E-state index in [0.717, 1.165) is 11.1 Å². The predicted molar refractivity (Wildman–Crippen MR) is 111 cm³/mol. The summed E-state index contributed by atoms with van der Waals surface area (Å²) in [6.07, 6.45) is 3.11. The molecule has 162 valence electrons. The average molecular weight is 419 g/mol. The molecule has 2 aromatic carbocycles. The number of ether oxygens (including phenoxy) is 3. The highest BCUT2D eigenvalue weighted by Gasteiger charge is 2.11. The van der Waals surface area contributed by atoms with Gasteiger partial charge in [-0.3, -0.25) is 4.79 Å². The maximum Gasteiger partial charge on any atom is 0.387 e. The van der Waals surface area contributed by atoms with E-state index in [0.29, 0.717) is 25.3 Å². The van der Waals surface area contributed by atoms with E-state index in [-0.39, 0.29) is 23.5 Å². The van der Waals surface area contributed by atoms with Crippen molar-refractivity contribution in [2.45, 2.75) is 46.6 Å². The van der Waals surface area contributed by atoms with E-state index in [1.165, 1.54) is 12.1 Å². The lowest BCUT2D eigenvalue weighted by molar-refractivity contribution is -0.116. The van der Waals surface area contributed by atoms with Crippen LogP contribution >= 0.6 is 0 Å². The van der Waals surface area contributed by atoms with Gasteiger partial charge in [0, 0.05) is 12.6 Å². The van der Waals surface area contributed by atoms with Crippen molar-refractivity contribution in [2.75, 3.05) is 6.61 Å². The first kappa shape index (κ1) is 23.3. The molecule has 0 fully saturated rings. The summed E-state index contributed by atoms with van der Waals surface area (Å²) in [4.78, 5) is 12.1. The predicted octanol–water partition coefficient (Wildman–Crippen LogP) is 4.94. The molecule has 5 nitrogen and oxygen atoms in total. The maximum atomic E-state index is 12.5. The van der Waals surface area contributed by atoms with E-state index in [1.807, 2.05) is 38.1 Å². The number of hydrogen-bond acceptors (Lipinski definition) is 4. The fourth-order valence-electron chi connectivity index (χ4n) is 2.60. The number of carbonyl (C=O) groups is 1. The van der Waals surface area contributed by atoms with Crippen molar-refractivity contribution in [2.24, 2.45) is 0 Å². The number of halogens is 2. The molecule has 0 spiro atoms. The Kier molecular flexibility index (Phi) is 9.28. The molecule has 1 N–H and O–H groups in total. The van der Waals surface area contributed by atoms with Gasteiger partial charge in [-0.05, 0) is 55.7 Å². The second-order valence-corrected chi connectivity index (χ2v) is 6.75. The summed E-state index contributed by atoms with van der Waals surface area (Å²) in [6, 6.07) is 12.3. The number of carbonyl (C=O) groups excluding carboxylic acids is 1. The molecule has 0 saturated heterocycles. The maximum absolute atomic E-state index is 12.5. The van der Waals surface area contributed by atoms with Crippen molar-refractivity contribution >= 4 is 12.0 Å². The highest BCUT2D eigenvalue weighted by Crippen LogP contribution is 2.30. The van der Waals surface area contributed by atoms with Crippen LogP contribution in [0.3, 0.4) is 0 Å². The summed E-state index contributed by atoms with van der Waals surface area (Å²) in [6.45, 7) is 3.96. The van der Waals surface area contributed by atoms with Crippen LogP contribution < -0.4 is 14.8 Å². The third-order valence-corrected chi connectivity index (χ3v) is 3.95. The zero-order valence-corrected chi connectivity index (χ0v) is 17.4. The molecule has 0 aliphatic rings. The number of rotatable bonds is 11. The Hall–Kier alpha value is -2.93. The molecule has 0 unspecified atom stereocenters. The summed E-state index contributed by atoms with van der Waals surface area (Å²) in [7, 11) is 0. The Morgan fingerprint density at radius 3 is 2.57 bits per heavy atom. The minimum absolute atomic E-state index is 0.0465. The molecule has 0 atom stereocenters. The smallest absolute Gasteiger partial charge is 0.387 e. The van der Waals surface area contributed by atoms with Gasteiger partial charge in [0.1, 0.15) is 0 Å². The van der Waals surface area contributed by atoms with Crippen molar-refractivity contribution in [3.05, 3.63) is 65.2 Å². The third kappa shape index (κ3) is 8.21. The molecule has 0 heterocycles. The van der Waals surface area contributed by atoms with Crippen LogP contribution in [0.15, 0.2) is 48.5 Å². The molecular weight excluding hydrogens is 392 g/mol. The fourth-order valence-corrected chi connectivity index (χ4v) is 2.60. The van der Waals surface area contributed by atoms with Gasteiger partial charge in [-0.1, -0.05) is 30.3 Å². The summed E-state index contributed by atoms with van der Waals surface area (Å²) in [5.74, 6) is -0.125. The van der Waals surface area contributed by atoms with E-state index >= 15 is 0 Å². The number of benzene rings is 2. The molecular formula is C23H27F2NO4. The largest absolute Gasteiger partial charge is 0.490 e. The van der Waals surface area contributed by atoms with Gasteiger partial charge in [0.05, 0.1) is 19.3 Å². The summed E-state index contributed by atoms with van der Waals surface area (Å²) in [5.41, 5.74) is 2.64. The van der Waals surface area contributed by atoms with Crippen molar-refractivity contribution in [3.8, 4) is 11.5 Å². The monoisotopic (exact) mass is 419 g/mol. The van der Waals surface area contributed by atoms with Crippen LogP contribution in [0.2, 0.25) is 0 Å². The topological polar surface area (TPSA) is 56.8 Å². The van der Waals surface area contributed by atoms with Crippen LogP contribution in [0.1, 0.15) is 37.5 Å². The zero-order chi connectivity index (χ0) is 21.9. The van der Waals surface area contributed by atoms with Gasteiger partial charge < -0.3 is 19.5 Å². The second kappa shape index (κ2) is 11.9. The van der Waals surface area contributed by atoms with Crippen molar-refractivity contribution in [1.29, 1.82) is 0 Å². The van der Waals surface area contributed by atoms with Gasteiger partial charge in [-0.15, -0.1) is 0 Å². The van der Waals surface area contributed by atoms with E-state index in [4.69, 9.17) is 9.47 Å². The number of amides is 1. The lowest BCUT2D eigenvalue weighted by Gasteiger charge is -2.11. The highest BCUT2D eigenvalue weighted by molar-refractivity contribution is 5.91. The average Bonchev–Trinajstić information content (AvgIpc) is 2.71. The van der Waals surface area contributed by atoms with Gasteiger partial charge in [-0.25, -0.2) is 0 Å². The Balaban J connectivity index is 1.94. The molecule has 0 saturated carbocycles. The first-order valence-electron chi connectivity index (χ1n) is 9.74. The van der Waals surface area contributed by atoms with Crippen LogP contribution in [0.25, 0.3) is 6.08 Å². The van der Waals surface area contributed by atoms with Crippen molar-refractivity contribution in [3.63, 3.8) is 0 Å².